The molecule has 1 aromatic rings. The number of hydrogen-bond acceptors (Lipinski definition) is 2. The van der Waals surface area contributed by atoms with Crippen molar-refractivity contribution in [3.8, 4) is 0 Å². The fraction of sp³-hybridized carbons (Fsp3) is 0.714. The van der Waals surface area contributed by atoms with Gasteiger partial charge in [-0.15, -0.1) is 0 Å². The molecule has 0 saturated heterocycles. The third-order valence-corrected chi connectivity index (χ3v) is 4.85. The molecule has 1 N–H and O–H groups in total. The van der Waals surface area contributed by atoms with Gasteiger partial charge in [0.2, 0.25) is 0 Å². The van der Waals surface area contributed by atoms with E-state index in [4.69, 9.17) is 5.11 Å². The van der Waals surface area contributed by atoms with Crippen molar-refractivity contribution in [3.63, 3.8) is 0 Å². The lowest BCUT2D eigenvalue weighted by Gasteiger charge is -2.37. The Labute approximate surface area is 168 Å². The van der Waals surface area contributed by atoms with Crippen LogP contribution >= 0.6 is 0 Å². The van der Waals surface area contributed by atoms with E-state index in [1.165, 1.54) is 6.07 Å². The highest BCUT2D eigenvalue weighted by Gasteiger charge is 2.73. The number of rotatable bonds is 14. The fourth-order valence-electron chi connectivity index (χ4n) is 3.26. The van der Waals surface area contributed by atoms with Crippen molar-refractivity contribution in [2.75, 3.05) is 13.2 Å². The zero-order valence-corrected chi connectivity index (χ0v) is 16.5. The smallest absolute Gasteiger partial charge is 0.396 e. The lowest BCUT2D eigenvalue weighted by Crippen LogP contribution is -2.56. The van der Waals surface area contributed by atoms with Crippen LogP contribution < -0.4 is 0 Å². The van der Waals surface area contributed by atoms with Crippen molar-refractivity contribution in [1.82, 2.24) is 0 Å². The molecule has 8 heteroatoms. The number of ether oxygens (including phenoxy) is 1. The molecule has 0 aromatic heterocycles. The summed E-state index contributed by atoms with van der Waals surface area (Å²) in [7, 11) is 0. The molecule has 0 spiro atoms. The van der Waals surface area contributed by atoms with E-state index in [2.05, 4.69) is 4.74 Å². The van der Waals surface area contributed by atoms with Crippen LogP contribution in [0.25, 0.3) is 0 Å². The van der Waals surface area contributed by atoms with Crippen LogP contribution in [0.3, 0.4) is 0 Å². The lowest BCUT2D eigenvalue weighted by atomic mass is 9.92. The van der Waals surface area contributed by atoms with E-state index in [0.717, 1.165) is 75.6 Å². The quantitative estimate of drug-likeness (QED) is 0.258. The average molecular weight is 428 g/mol. The highest BCUT2D eigenvalue weighted by Crippen LogP contribution is 2.52. The number of halogens is 6. The van der Waals surface area contributed by atoms with E-state index in [1.807, 2.05) is 0 Å². The van der Waals surface area contributed by atoms with E-state index in [0.29, 0.717) is 6.42 Å². The number of aliphatic hydroxyl groups is 1. The van der Waals surface area contributed by atoms with Gasteiger partial charge in [0, 0.05) is 18.8 Å². The monoisotopic (exact) mass is 428 g/mol. The van der Waals surface area contributed by atoms with Gasteiger partial charge in [0.15, 0.2) is 0 Å². The van der Waals surface area contributed by atoms with Gasteiger partial charge in [-0.3, -0.25) is 0 Å². The second kappa shape index (κ2) is 12.4. The first-order valence-electron chi connectivity index (χ1n) is 10.1. The summed E-state index contributed by atoms with van der Waals surface area (Å²) in [5, 5.41) is 8.68. The van der Waals surface area contributed by atoms with Crippen molar-refractivity contribution in [2.24, 2.45) is 0 Å². The number of benzene rings is 1. The molecule has 1 aromatic carbocycles. The highest BCUT2D eigenvalue weighted by atomic mass is 19.4. The fourth-order valence-corrected chi connectivity index (χ4v) is 3.26. The zero-order chi connectivity index (χ0) is 21.8. The molecular formula is C21H30F6O2. The molecule has 0 amide bonds. The van der Waals surface area contributed by atoms with Crippen LogP contribution in [0.4, 0.5) is 26.3 Å². The molecule has 0 fully saturated rings. The van der Waals surface area contributed by atoms with Crippen LogP contribution in [0.5, 0.6) is 0 Å². The third kappa shape index (κ3) is 7.81. The average Bonchev–Trinajstić information content (AvgIpc) is 2.64. The standard InChI is InChI=1S/C21H30F6O2/c22-20(23,24)19(21(25,26)27,18-14-10-9-11-15-18)29-17-13-8-6-4-2-1-3-5-7-12-16-28/h9-11,14-15,28H,1-8,12-13,16-17H2. The molecule has 0 saturated carbocycles. The van der Waals surface area contributed by atoms with Crippen molar-refractivity contribution in [2.45, 2.75) is 82.2 Å². The summed E-state index contributed by atoms with van der Waals surface area (Å²) in [5.41, 5.74) is -5.27. The van der Waals surface area contributed by atoms with Crippen LogP contribution in [0.15, 0.2) is 30.3 Å². The van der Waals surface area contributed by atoms with E-state index in [-0.39, 0.29) is 13.0 Å². The molecule has 168 valence electrons. The second-order valence-corrected chi connectivity index (χ2v) is 7.15. The van der Waals surface area contributed by atoms with Crippen LogP contribution in [0.2, 0.25) is 0 Å². The van der Waals surface area contributed by atoms with Crippen LogP contribution in [-0.2, 0) is 10.3 Å². The summed E-state index contributed by atoms with van der Waals surface area (Å²) in [6.45, 7) is -0.411. The minimum atomic E-state index is -5.62. The molecule has 2 nitrogen and oxygen atoms in total. The predicted octanol–water partition coefficient (Wildman–Crippen LogP) is 6.92. The first kappa shape index (κ1) is 25.8. The van der Waals surface area contributed by atoms with Gasteiger partial charge in [-0.2, -0.15) is 26.3 Å². The zero-order valence-electron chi connectivity index (χ0n) is 16.5. The summed E-state index contributed by atoms with van der Waals surface area (Å²) in [4.78, 5) is 0. The van der Waals surface area contributed by atoms with Gasteiger partial charge in [-0.1, -0.05) is 81.7 Å². The normalized spacial score (nSPS) is 13.1. The summed E-state index contributed by atoms with van der Waals surface area (Å²) < 4.78 is 85.7. The second-order valence-electron chi connectivity index (χ2n) is 7.15. The molecule has 0 aliphatic heterocycles. The number of aliphatic hydroxyl groups excluding tert-OH is 1. The molecule has 0 aliphatic carbocycles. The van der Waals surface area contributed by atoms with Gasteiger partial charge < -0.3 is 9.84 Å². The molecular weight excluding hydrogens is 398 g/mol. The first-order valence-corrected chi connectivity index (χ1v) is 10.1. The SMILES string of the molecule is OCCCCCCCCCCCCOC(c1ccccc1)(C(F)(F)F)C(F)(F)F. The van der Waals surface area contributed by atoms with Crippen molar-refractivity contribution < 1.29 is 36.2 Å². The van der Waals surface area contributed by atoms with Crippen LogP contribution in [0.1, 0.15) is 69.8 Å². The summed E-state index contributed by atoms with van der Waals surface area (Å²) in [5.74, 6) is 0. The molecule has 0 atom stereocenters. The van der Waals surface area contributed by atoms with Gasteiger partial charge in [0.1, 0.15) is 0 Å². The van der Waals surface area contributed by atoms with E-state index in [1.54, 1.807) is 0 Å². The Bertz CT molecular complexity index is 528. The minimum Gasteiger partial charge on any atom is -0.396 e. The Balaban J connectivity index is 2.47. The van der Waals surface area contributed by atoms with Gasteiger partial charge in [0.05, 0.1) is 0 Å². The Hall–Kier alpha value is -1.28. The number of hydrogen-bond donors (Lipinski definition) is 1. The van der Waals surface area contributed by atoms with E-state index >= 15 is 0 Å². The number of alkyl halides is 6. The number of unbranched alkanes of at least 4 members (excludes halogenated alkanes) is 9. The van der Waals surface area contributed by atoms with Gasteiger partial charge in [0.25, 0.3) is 5.60 Å². The lowest BCUT2D eigenvalue weighted by molar-refractivity contribution is -0.389. The molecule has 29 heavy (non-hydrogen) atoms. The van der Waals surface area contributed by atoms with Gasteiger partial charge in [-0.25, -0.2) is 0 Å². The predicted molar refractivity (Wildman–Crippen MR) is 99.4 cm³/mol. The van der Waals surface area contributed by atoms with Crippen molar-refractivity contribution >= 4 is 0 Å². The minimum absolute atomic E-state index is 0.136. The molecule has 0 radical (unpaired) electrons. The Kier molecular flexibility index (Phi) is 11.0. The van der Waals surface area contributed by atoms with Crippen LogP contribution in [-0.4, -0.2) is 30.7 Å². The van der Waals surface area contributed by atoms with Crippen LogP contribution in [0, 0.1) is 0 Å². The molecule has 0 aliphatic rings. The largest absolute Gasteiger partial charge is 0.430 e. The third-order valence-electron chi connectivity index (χ3n) is 4.85. The maximum atomic E-state index is 13.5. The summed E-state index contributed by atoms with van der Waals surface area (Å²) in [6, 6.07) is 5.21. The Morgan fingerprint density at radius 1 is 0.621 bits per heavy atom. The Morgan fingerprint density at radius 2 is 1.03 bits per heavy atom. The van der Waals surface area contributed by atoms with E-state index in [9.17, 15) is 26.3 Å². The summed E-state index contributed by atoms with van der Waals surface area (Å²) in [6.07, 6.45) is -2.99. The topological polar surface area (TPSA) is 29.5 Å². The molecule has 1 rings (SSSR count). The van der Waals surface area contributed by atoms with Crippen molar-refractivity contribution in [3.05, 3.63) is 35.9 Å². The van der Waals surface area contributed by atoms with Crippen molar-refractivity contribution in [1.29, 1.82) is 0 Å². The molecule has 0 unspecified atom stereocenters. The summed E-state index contributed by atoms with van der Waals surface area (Å²) >= 11 is 0. The van der Waals surface area contributed by atoms with E-state index < -0.39 is 30.1 Å². The van der Waals surface area contributed by atoms with Gasteiger partial charge >= 0.3 is 12.4 Å². The highest BCUT2D eigenvalue weighted by molar-refractivity contribution is 5.27. The molecule has 0 bridgehead atoms. The van der Waals surface area contributed by atoms with Gasteiger partial charge in [-0.05, 0) is 12.8 Å². The maximum Gasteiger partial charge on any atom is 0.430 e. The first-order chi connectivity index (χ1) is 13.7. The Morgan fingerprint density at radius 3 is 1.45 bits per heavy atom. The maximum absolute atomic E-state index is 13.5. The molecule has 0 heterocycles.